The molecule has 0 N–H and O–H groups in total. The van der Waals surface area contributed by atoms with Gasteiger partial charge in [0, 0.05) is 0 Å². The molecule has 12 heavy (non-hydrogen) atoms. The summed E-state index contributed by atoms with van der Waals surface area (Å²) < 4.78 is 8.95. The molecule has 70 valence electrons. The second-order valence-electron chi connectivity index (χ2n) is 3.13. The topological polar surface area (TPSA) is 52.6 Å². The van der Waals surface area contributed by atoms with Gasteiger partial charge in [-0.15, -0.1) is 0 Å². The van der Waals surface area contributed by atoms with Crippen molar-refractivity contribution in [3.63, 3.8) is 0 Å². The third-order valence-electron chi connectivity index (χ3n) is 1.55. The lowest BCUT2D eigenvalue weighted by atomic mass is 9.90. The SMILES string of the molecule is COC(=O)CC(C)(C)C(=O)OC. The molecule has 0 aromatic carbocycles. The zero-order valence-electron chi connectivity index (χ0n) is 7.84. The minimum Gasteiger partial charge on any atom is -0.469 e. The highest BCUT2D eigenvalue weighted by molar-refractivity contribution is 5.82. The van der Waals surface area contributed by atoms with Crippen molar-refractivity contribution in [3.8, 4) is 0 Å². The van der Waals surface area contributed by atoms with Gasteiger partial charge < -0.3 is 9.47 Å². The van der Waals surface area contributed by atoms with Crippen molar-refractivity contribution >= 4 is 11.9 Å². The molecule has 0 spiro atoms. The lowest BCUT2D eigenvalue weighted by Gasteiger charge is -2.19. The Morgan fingerprint density at radius 2 is 1.67 bits per heavy atom. The van der Waals surface area contributed by atoms with Gasteiger partial charge in [-0.2, -0.15) is 0 Å². The number of rotatable bonds is 3. The van der Waals surface area contributed by atoms with Gasteiger partial charge in [-0.3, -0.25) is 9.59 Å². The molecule has 4 heteroatoms. The van der Waals surface area contributed by atoms with E-state index in [-0.39, 0.29) is 6.42 Å². The highest BCUT2D eigenvalue weighted by Gasteiger charge is 2.31. The van der Waals surface area contributed by atoms with Crippen molar-refractivity contribution < 1.29 is 19.1 Å². The van der Waals surface area contributed by atoms with Crippen LogP contribution < -0.4 is 0 Å². The molecular formula is C8H14O4. The number of hydrogen-bond donors (Lipinski definition) is 0. The van der Waals surface area contributed by atoms with Crippen LogP contribution in [0.4, 0.5) is 0 Å². The summed E-state index contributed by atoms with van der Waals surface area (Å²) in [4.78, 5) is 21.9. The van der Waals surface area contributed by atoms with Crippen molar-refractivity contribution in [1.29, 1.82) is 0 Å². The van der Waals surface area contributed by atoms with E-state index in [1.807, 2.05) is 0 Å². The maximum absolute atomic E-state index is 11.1. The zero-order chi connectivity index (χ0) is 9.78. The summed E-state index contributed by atoms with van der Waals surface area (Å²) in [5, 5.41) is 0. The predicted molar refractivity (Wildman–Crippen MR) is 42.4 cm³/mol. The maximum Gasteiger partial charge on any atom is 0.311 e. The average Bonchev–Trinajstić information content (AvgIpc) is 2.02. The van der Waals surface area contributed by atoms with Crippen LogP contribution in [0, 0.1) is 5.41 Å². The van der Waals surface area contributed by atoms with E-state index >= 15 is 0 Å². The Labute approximate surface area is 71.8 Å². The van der Waals surface area contributed by atoms with Crippen LogP contribution in [0.5, 0.6) is 0 Å². The highest BCUT2D eigenvalue weighted by Crippen LogP contribution is 2.22. The molecule has 0 aliphatic heterocycles. The molecular weight excluding hydrogens is 160 g/mol. The summed E-state index contributed by atoms with van der Waals surface area (Å²) in [5.41, 5.74) is -0.804. The molecule has 0 aliphatic carbocycles. The van der Waals surface area contributed by atoms with E-state index < -0.39 is 17.4 Å². The molecule has 0 heterocycles. The second kappa shape index (κ2) is 4.09. The quantitative estimate of drug-likeness (QED) is 0.592. The lowest BCUT2D eigenvalue weighted by molar-refractivity contribution is -0.157. The van der Waals surface area contributed by atoms with Crippen LogP contribution >= 0.6 is 0 Å². The Morgan fingerprint density at radius 1 is 1.17 bits per heavy atom. The van der Waals surface area contributed by atoms with Gasteiger partial charge in [0.2, 0.25) is 0 Å². The van der Waals surface area contributed by atoms with Crippen molar-refractivity contribution in [1.82, 2.24) is 0 Å². The number of esters is 2. The molecule has 0 unspecified atom stereocenters. The fourth-order valence-corrected chi connectivity index (χ4v) is 0.781. The third-order valence-corrected chi connectivity index (χ3v) is 1.55. The van der Waals surface area contributed by atoms with E-state index in [1.54, 1.807) is 13.8 Å². The Kier molecular flexibility index (Phi) is 3.73. The first-order valence-corrected chi connectivity index (χ1v) is 3.59. The van der Waals surface area contributed by atoms with Crippen molar-refractivity contribution in [2.75, 3.05) is 14.2 Å². The first kappa shape index (κ1) is 10.9. The average molecular weight is 174 g/mol. The largest absolute Gasteiger partial charge is 0.469 e. The molecule has 0 saturated heterocycles. The van der Waals surface area contributed by atoms with Crippen LogP contribution in [0.1, 0.15) is 20.3 Å². The summed E-state index contributed by atoms with van der Waals surface area (Å²) in [5.74, 6) is -0.821. The molecule has 0 aromatic heterocycles. The third kappa shape index (κ3) is 2.90. The van der Waals surface area contributed by atoms with E-state index in [0.717, 1.165) is 0 Å². The van der Waals surface area contributed by atoms with E-state index in [9.17, 15) is 9.59 Å². The Bertz CT molecular complexity index is 183. The van der Waals surface area contributed by atoms with E-state index in [4.69, 9.17) is 0 Å². The van der Waals surface area contributed by atoms with Crippen molar-refractivity contribution in [2.24, 2.45) is 5.41 Å². The Hall–Kier alpha value is -1.06. The maximum atomic E-state index is 11.1. The van der Waals surface area contributed by atoms with Gasteiger partial charge in [0.25, 0.3) is 0 Å². The fraction of sp³-hybridized carbons (Fsp3) is 0.750. The van der Waals surface area contributed by atoms with Gasteiger partial charge in [-0.25, -0.2) is 0 Å². The normalized spacial score (nSPS) is 10.7. The number of carbonyl (C=O) groups is 2. The zero-order valence-corrected chi connectivity index (χ0v) is 7.84. The predicted octanol–water partition coefficient (Wildman–Crippen LogP) is 0.749. The number of ether oxygens (including phenoxy) is 2. The smallest absolute Gasteiger partial charge is 0.311 e. The molecule has 0 rings (SSSR count). The first-order valence-electron chi connectivity index (χ1n) is 3.59. The summed E-state index contributed by atoms with van der Waals surface area (Å²) in [6.45, 7) is 3.27. The van der Waals surface area contributed by atoms with Crippen molar-refractivity contribution in [2.45, 2.75) is 20.3 Å². The van der Waals surface area contributed by atoms with Gasteiger partial charge in [-0.1, -0.05) is 0 Å². The fourth-order valence-electron chi connectivity index (χ4n) is 0.781. The van der Waals surface area contributed by atoms with Gasteiger partial charge in [0.15, 0.2) is 0 Å². The molecule has 4 nitrogen and oxygen atoms in total. The molecule has 0 fully saturated rings. The van der Waals surface area contributed by atoms with Crippen LogP contribution in [-0.4, -0.2) is 26.2 Å². The van der Waals surface area contributed by atoms with Gasteiger partial charge in [0.1, 0.15) is 0 Å². The summed E-state index contributed by atoms with van der Waals surface area (Å²) in [6.07, 6.45) is 0.0379. The minimum absolute atomic E-state index is 0.0379. The molecule has 0 amide bonds. The summed E-state index contributed by atoms with van der Waals surface area (Å²) in [7, 11) is 2.58. The van der Waals surface area contributed by atoms with Gasteiger partial charge in [-0.05, 0) is 13.8 Å². The van der Waals surface area contributed by atoms with Crippen LogP contribution in [0.2, 0.25) is 0 Å². The molecule has 0 aliphatic rings. The number of carbonyl (C=O) groups excluding carboxylic acids is 2. The molecule has 0 aromatic rings. The Balaban J connectivity index is 4.21. The number of methoxy groups -OCH3 is 2. The van der Waals surface area contributed by atoms with Crippen LogP contribution in [0.3, 0.4) is 0 Å². The highest BCUT2D eigenvalue weighted by atomic mass is 16.5. The van der Waals surface area contributed by atoms with E-state index in [0.29, 0.717) is 0 Å². The Morgan fingerprint density at radius 3 is 2.00 bits per heavy atom. The minimum atomic E-state index is -0.804. The summed E-state index contributed by atoms with van der Waals surface area (Å²) >= 11 is 0. The van der Waals surface area contributed by atoms with Crippen LogP contribution in [-0.2, 0) is 19.1 Å². The van der Waals surface area contributed by atoms with Crippen LogP contribution in [0.15, 0.2) is 0 Å². The van der Waals surface area contributed by atoms with Gasteiger partial charge >= 0.3 is 11.9 Å². The monoisotopic (exact) mass is 174 g/mol. The first-order chi connectivity index (χ1) is 5.44. The molecule has 0 atom stereocenters. The van der Waals surface area contributed by atoms with Crippen molar-refractivity contribution in [3.05, 3.63) is 0 Å². The number of hydrogen-bond acceptors (Lipinski definition) is 4. The molecule has 0 saturated carbocycles. The second-order valence-corrected chi connectivity index (χ2v) is 3.13. The summed E-state index contributed by atoms with van der Waals surface area (Å²) in [6, 6.07) is 0. The standard InChI is InChI=1S/C8H14O4/c1-8(2,7(10)12-4)5-6(9)11-3/h5H2,1-4H3. The van der Waals surface area contributed by atoms with E-state index in [2.05, 4.69) is 9.47 Å². The van der Waals surface area contributed by atoms with E-state index in [1.165, 1.54) is 14.2 Å². The van der Waals surface area contributed by atoms with Gasteiger partial charge in [0.05, 0.1) is 26.1 Å². The van der Waals surface area contributed by atoms with Crippen LogP contribution in [0.25, 0.3) is 0 Å². The lowest BCUT2D eigenvalue weighted by Crippen LogP contribution is -2.28. The molecule has 0 radical (unpaired) electrons. The molecule has 0 bridgehead atoms.